The number of rotatable bonds is 3. The predicted octanol–water partition coefficient (Wildman–Crippen LogP) is 1.30. The van der Waals surface area contributed by atoms with E-state index >= 15 is 0 Å². The molecule has 0 N–H and O–H groups in total. The second-order valence-corrected chi connectivity index (χ2v) is 5.76. The summed E-state index contributed by atoms with van der Waals surface area (Å²) in [7, 11) is 0. The van der Waals surface area contributed by atoms with Crippen LogP contribution in [0.4, 0.5) is 0 Å². The van der Waals surface area contributed by atoms with Crippen molar-refractivity contribution >= 4 is 12.2 Å². The van der Waals surface area contributed by atoms with Crippen molar-refractivity contribution in [1.82, 2.24) is 9.80 Å². The second kappa shape index (κ2) is 6.32. The Morgan fingerprint density at radius 1 is 1.22 bits per heavy atom. The van der Waals surface area contributed by atoms with Crippen LogP contribution < -0.4 is 0 Å². The van der Waals surface area contributed by atoms with Crippen molar-refractivity contribution in [2.24, 2.45) is 5.92 Å². The Bertz CT molecular complexity index is 306. The SMILES string of the molecule is CC1CCCN(C(=O)CN2CCCCC2C=O)C1. The van der Waals surface area contributed by atoms with E-state index < -0.39 is 0 Å². The minimum atomic E-state index is -0.0371. The summed E-state index contributed by atoms with van der Waals surface area (Å²) in [6.07, 6.45) is 6.47. The molecule has 4 nitrogen and oxygen atoms in total. The highest BCUT2D eigenvalue weighted by atomic mass is 16.2. The zero-order valence-electron chi connectivity index (χ0n) is 11.3. The van der Waals surface area contributed by atoms with E-state index in [4.69, 9.17) is 0 Å². The van der Waals surface area contributed by atoms with Crippen molar-refractivity contribution in [1.29, 1.82) is 0 Å². The number of hydrogen-bond donors (Lipinski definition) is 0. The fourth-order valence-corrected chi connectivity index (χ4v) is 3.06. The van der Waals surface area contributed by atoms with Crippen molar-refractivity contribution < 1.29 is 9.59 Å². The van der Waals surface area contributed by atoms with Crippen LogP contribution in [-0.2, 0) is 9.59 Å². The highest BCUT2D eigenvalue weighted by Crippen LogP contribution is 2.18. The smallest absolute Gasteiger partial charge is 0.236 e. The molecular formula is C14H24N2O2. The van der Waals surface area contributed by atoms with E-state index in [9.17, 15) is 9.59 Å². The maximum absolute atomic E-state index is 12.2. The molecular weight excluding hydrogens is 228 g/mol. The van der Waals surface area contributed by atoms with Crippen molar-refractivity contribution in [3.05, 3.63) is 0 Å². The molecule has 2 aliphatic heterocycles. The van der Waals surface area contributed by atoms with Crippen LogP contribution >= 0.6 is 0 Å². The van der Waals surface area contributed by atoms with Crippen LogP contribution in [-0.4, -0.2) is 54.2 Å². The Labute approximate surface area is 109 Å². The van der Waals surface area contributed by atoms with E-state index in [1.807, 2.05) is 4.90 Å². The fourth-order valence-electron chi connectivity index (χ4n) is 3.06. The first kappa shape index (κ1) is 13.5. The Balaban J connectivity index is 1.87. The zero-order valence-corrected chi connectivity index (χ0v) is 11.3. The highest BCUT2D eigenvalue weighted by Gasteiger charge is 2.27. The van der Waals surface area contributed by atoms with Gasteiger partial charge in [-0.25, -0.2) is 0 Å². The molecule has 0 aliphatic carbocycles. The molecule has 2 fully saturated rings. The van der Waals surface area contributed by atoms with Gasteiger partial charge in [-0.3, -0.25) is 9.69 Å². The summed E-state index contributed by atoms with van der Waals surface area (Å²) in [5, 5.41) is 0. The number of hydrogen-bond acceptors (Lipinski definition) is 3. The van der Waals surface area contributed by atoms with Gasteiger partial charge in [0.05, 0.1) is 12.6 Å². The third-order valence-corrected chi connectivity index (χ3v) is 4.17. The number of amides is 1. The zero-order chi connectivity index (χ0) is 13.0. The Morgan fingerprint density at radius 2 is 2.06 bits per heavy atom. The minimum Gasteiger partial charge on any atom is -0.341 e. The summed E-state index contributed by atoms with van der Waals surface area (Å²) >= 11 is 0. The van der Waals surface area contributed by atoms with Gasteiger partial charge in [-0.1, -0.05) is 13.3 Å². The minimum absolute atomic E-state index is 0.0371. The molecule has 0 radical (unpaired) electrons. The standard InChI is InChI=1S/C14H24N2O2/c1-12-5-4-8-16(9-12)14(18)10-15-7-3-2-6-13(15)11-17/h11-13H,2-10H2,1H3. The molecule has 18 heavy (non-hydrogen) atoms. The van der Waals surface area contributed by atoms with Gasteiger partial charge in [0.15, 0.2) is 0 Å². The summed E-state index contributed by atoms with van der Waals surface area (Å²) in [6.45, 7) is 5.30. The lowest BCUT2D eigenvalue weighted by atomic mass is 10.00. The third-order valence-electron chi connectivity index (χ3n) is 4.17. The Hall–Kier alpha value is -0.900. The van der Waals surface area contributed by atoms with Crippen molar-refractivity contribution in [2.75, 3.05) is 26.2 Å². The maximum atomic E-state index is 12.2. The summed E-state index contributed by atoms with van der Waals surface area (Å²) < 4.78 is 0. The summed E-state index contributed by atoms with van der Waals surface area (Å²) in [6, 6.07) is -0.0371. The van der Waals surface area contributed by atoms with Crippen molar-refractivity contribution in [2.45, 2.75) is 45.1 Å². The number of likely N-dealkylation sites (tertiary alicyclic amines) is 2. The normalized spacial score (nSPS) is 30.2. The van der Waals surface area contributed by atoms with E-state index in [2.05, 4.69) is 11.8 Å². The van der Waals surface area contributed by atoms with Crippen LogP contribution in [0.5, 0.6) is 0 Å². The lowest BCUT2D eigenvalue weighted by molar-refractivity contribution is -0.135. The van der Waals surface area contributed by atoms with Gasteiger partial charge in [-0.2, -0.15) is 0 Å². The van der Waals surface area contributed by atoms with Crippen LogP contribution in [0.25, 0.3) is 0 Å². The molecule has 2 heterocycles. The van der Waals surface area contributed by atoms with Crippen LogP contribution in [0.1, 0.15) is 39.0 Å². The van der Waals surface area contributed by atoms with E-state index in [0.717, 1.165) is 51.6 Å². The van der Waals surface area contributed by atoms with Crippen LogP contribution in [0.3, 0.4) is 0 Å². The molecule has 0 aromatic heterocycles. The number of carbonyl (C=O) groups is 2. The average molecular weight is 252 g/mol. The Kier molecular flexibility index (Phi) is 4.75. The van der Waals surface area contributed by atoms with Gasteiger partial charge in [-0.05, 0) is 38.1 Å². The average Bonchev–Trinajstić information content (AvgIpc) is 2.39. The molecule has 2 atom stereocenters. The molecule has 2 aliphatic rings. The maximum Gasteiger partial charge on any atom is 0.236 e. The Morgan fingerprint density at radius 3 is 2.78 bits per heavy atom. The molecule has 0 aromatic rings. The molecule has 0 saturated carbocycles. The van der Waals surface area contributed by atoms with Crippen LogP contribution in [0.2, 0.25) is 0 Å². The largest absolute Gasteiger partial charge is 0.341 e. The first-order chi connectivity index (χ1) is 8.70. The van der Waals surface area contributed by atoms with Gasteiger partial charge in [0.2, 0.25) is 5.91 Å². The van der Waals surface area contributed by atoms with Crippen molar-refractivity contribution in [3.63, 3.8) is 0 Å². The topological polar surface area (TPSA) is 40.6 Å². The van der Waals surface area contributed by atoms with Gasteiger partial charge in [-0.15, -0.1) is 0 Å². The van der Waals surface area contributed by atoms with Gasteiger partial charge in [0, 0.05) is 13.1 Å². The summed E-state index contributed by atoms with van der Waals surface area (Å²) in [5.41, 5.74) is 0. The molecule has 4 heteroatoms. The molecule has 2 saturated heterocycles. The quantitative estimate of drug-likeness (QED) is 0.711. The van der Waals surface area contributed by atoms with E-state index in [0.29, 0.717) is 12.5 Å². The summed E-state index contributed by atoms with van der Waals surface area (Å²) in [5.74, 6) is 0.821. The third kappa shape index (κ3) is 3.31. The van der Waals surface area contributed by atoms with Gasteiger partial charge >= 0.3 is 0 Å². The monoisotopic (exact) mass is 252 g/mol. The lowest BCUT2D eigenvalue weighted by Crippen LogP contribution is -2.49. The molecule has 2 rings (SSSR count). The molecule has 2 unspecified atom stereocenters. The van der Waals surface area contributed by atoms with E-state index in [1.165, 1.54) is 6.42 Å². The highest BCUT2D eigenvalue weighted by molar-refractivity contribution is 5.79. The van der Waals surface area contributed by atoms with Gasteiger partial charge in [0.25, 0.3) is 0 Å². The lowest BCUT2D eigenvalue weighted by Gasteiger charge is -2.36. The number of piperidine rings is 2. The van der Waals surface area contributed by atoms with Crippen LogP contribution in [0.15, 0.2) is 0 Å². The van der Waals surface area contributed by atoms with Gasteiger partial charge in [0.1, 0.15) is 6.29 Å². The molecule has 0 bridgehead atoms. The second-order valence-electron chi connectivity index (χ2n) is 5.76. The molecule has 1 amide bonds. The predicted molar refractivity (Wildman–Crippen MR) is 70.3 cm³/mol. The molecule has 0 spiro atoms. The fraction of sp³-hybridized carbons (Fsp3) is 0.857. The van der Waals surface area contributed by atoms with Crippen LogP contribution in [0, 0.1) is 5.92 Å². The number of carbonyl (C=O) groups excluding carboxylic acids is 2. The van der Waals surface area contributed by atoms with E-state index in [1.54, 1.807) is 0 Å². The first-order valence-electron chi connectivity index (χ1n) is 7.18. The van der Waals surface area contributed by atoms with Gasteiger partial charge < -0.3 is 9.69 Å². The van der Waals surface area contributed by atoms with E-state index in [-0.39, 0.29) is 11.9 Å². The first-order valence-corrected chi connectivity index (χ1v) is 7.18. The number of aldehydes is 1. The number of nitrogens with zero attached hydrogens (tertiary/aromatic N) is 2. The summed E-state index contributed by atoms with van der Waals surface area (Å²) in [4.78, 5) is 27.3. The molecule has 0 aromatic carbocycles. The molecule has 102 valence electrons. The van der Waals surface area contributed by atoms with Crippen molar-refractivity contribution in [3.8, 4) is 0 Å².